The summed E-state index contributed by atoms with van der Waals surface area (Å²) in [5.41, 5.74) is 0.430. The van der Waals surface area contributed by atoms with Gasteiger partial charge in [-0.1, -0.05) is 0 Å². The van der Waals surface area contributed by atoms with Crippen LogP contribution in [-0.4, -0.2) is 59.1 Å². The van der Waals surface area contributed by atoms with Gasteiger partial charge in [0, 0.05) is 26.2 Å². The molecule has 2 aliphatic rings. The Bertz CT molecular complexity index is 608. The normalized spacial score (nSPS) is 19.3. The lowest BCUT2D eigenvalue weighted by molar-refractivity contribution is -0.00357. The van der Waals surface area contributed by atoms with E-state index < -0.39 is 11.9 Å². The van der Waals surface area contributed by atoms with Crippen LogP contribution in [0.5, 0.6) is 0 Å². The molecule has 104 valence electrons. The molecule has 0 atom stereocenters. The SMILES string of the molecule is O=C(O)c1ccc2c(c1)C(=O)N(N1CCNCC1)C2=O. The van der Waals surface area contributed by atoms with Crippen molar-refractivity contribution in [3.8, 4) is 0 Å². The zero-order chi connectivity index (χ0) is 14.3. The van der Waals surface area contributed by atoms with Gasteiger partial charge in [0.1, 0.15) is 0 Å². The van der Waals surface area contributed by atoms with Crippen molar-refractivity contribution >= 4 is 17.8 Å². The molecule has 1 aromatic rings. The molecule has 2 N–H and O–H groups in total. The highest BCUT2D eigenvalue weighted by atomic mass is 16.4. The summed E-state index contributed by atoms with van der Waals surface area (Å²) in [5, 5.41) is 14.9. The largest absolute Gasteiger partial charge is 0.478 e. The molecule has 0 radical (unpaired) electrons. The predicted octanol–water partition coefficient (Wildman–Crippen LogP) is -0.199. The first kappa shape index (κ1) is 12.8. The Hall–Kier alpha value is -2.25. The molecular weight excluding hydrogens is 262 g/mol. The third-order valence-corrected chi connectivity index (χ3v) is 3.49. The van der Waals surface area contributed by atoms with Crippen molar-refractivity contribution in [2.24, 2.45) is 0 Å². The summed E-state index contributed by atoms with van der Waals surface area (Å²) in [6.07, 6.45) is 0. The number of nitrogens with one attached hydrogen (secondary N) is 1. The Morgan fingerprint density at radius 1 is 1.10 bits per heavy atom. The van der Waals surface area contributed by atoms with Gasteiger partial charge in [0.05, 0.1) is 16.7 Å². The number of carboxylic acids is 1. The molecule has 1 fully saturated rings. The highest BCUT2D eigenvalue weighted by molar-refractivity contribution is 6.21. The van der Waals surface area contributed by atoms with Gasteiger partial charge in [-0.15, -0.1) is 0 Å². The molecule has 0 spiro atoms. The molecule has 0 aromatic heterocycles. The summed E-state index contributed by atoms with van der Waals surface area (Å²) >= 11 is 0. The minimum atomic E-state index is -1.12. The van der Waals surface area contributed by atoms with E-state index in [2.05, 4.69) is 5.32 Å². The van der Waals surface area contributed by atoms with Crippen LogP contribution in [0.4, 0.5) is 0 Å². The maximum Gasteiger partial charge on any atom is 0.335 e. The van der Waals surface area contributed by atoms with Crippen molar-refractivity contribution in [1.82, 2.24) is 15.3 Å². The van der Waals surface area contributed by atoms with Crippen molar-refractivity contribution < 1.29 is 19.5 Å². The summed E-state index contributed by atoms with van der Waals surface area (Å²) in [5.74, 6) is -1.95. The molecule has 2 aliphatic heterocycles. The first-order valence-corrected chi connectivity index (χ1v) is 6.31. The fourth-order valence-electron chi connectivity index (χ4n) is 2.47. The van der Waals surface area contributed by atoms with Crippen molar-refractivity contribution in [2.75, 3.05) is 26.2 Å². The summed E-state index contributed by atoms with van der Waals surface area (Å²) in [7, 11) is 0. The number of aromatic carboxylic acids is 1. The molecule has 7 nitrogen and oxygen atoms in total. The van der Waals surface area contributed by atoms with Crippen LogP contribution in [-0.2, 0) is 0 Å². The van der Waals surface area contributed by atoms with Gasteiger partial charge in [-0.2, -0.15) is 0 Å². The van der Waals surface area contributed by atoms with Crippen LogP contribution in [0, 0.1) is 0 Å². The lowest BCUT2D eigenvalue weighted by Crippen LogP contribution is -2.54. The molecular formula is C13H13N3O4. The van der Waals surface area contributed by atoms with Crippen molar-refractivity contribution in [3.05, 3.63) is 34.9 Å². The third kappa shape index (κ3) is 1.87. The minimum absolute atomic E-state index is 0.00654. The van der Waals surface area contributed by atoms with Gasteiger partial charge in [0.2, 0.25) is 0 Å². The lowest BCUT2D eigenvalue weighted by atomic mass is 10.1. The highest BCUT2D eigenvalue weighted by Crippen LogP contribution is 2.25. The van der Waals surface area contributed by atoms with Crippen LogP contribution in [0.2, 0.25) is 0 Å². The topological polar surface area (TPSA) is 89.9 Å². The van der Waals surface area contributed by atoms with Crippen LogP contribution in [0.1, 0.15) is 31.1 Å². The molecule has 0 saturated carbocycles. The number of rotatable bonds is 2. The van der Waals surface area contributed by atoms with Crippen molar-refractivity contribution in [1.29, 1.82) is 0 Å². The second kappa shape index (κ2) is 4.69. The number of piperazine rings is 1. The molecule has 3 rings (SSSR count). The van der Waals surface area contributed by atoms with Gasteiger partial charge in [-0.3, -0.25) is 9.59 Å². The van der Waals surface area contributed by atoms with Crippen molar-refractivity contribution in [2.45, 2.75) is 0 Å². The van der Waals surface area contributed by atoms with E-state index in [-0.39, 0.29) is 22.6 Å². The molecule has 2 heterocycles. The molecule has 0 aliphatic carbocycles. The summed E-state index contributed by atoms with van der Waals surface area (Å²) < 4.78 is 0. The Kier molecular flexibility index (Phi) is 3.00. The van der Waals surface area contributed by atoms with E-state index >= 15 is 0 Å². The number of carbonyl (C=O) groups is 3. The number of fused-ring (bicyclic) bond motifs is 1. The average molecular weight is 275 g/mol. The molecule has 1 aromatic carbocycles. The Labute approximate surface area is 114 Å². The van der Waals surface area contributed by atoms with Gasteiger partial charge in [-0.25, -0.2) is 14.8 Å². The molecule has 1 saturated heterocycles. The lowest BCUT2D eigenvalue weighted by Gasteiger charge is -2.33. The van der Waals surface area contributed by atoms with E-state index in [9.17, 15) is 14.4 Å². The standard InChI is InChI=1S/C13H13N3O4/c17-11-9-2-1-8(13(19)20)7-10(9)12(18)16(11)15-5-3-14-4-6-15/h1-2,7,14H,3-6H2,(H,19,20). The maximum absolute atomic E-state index is 12.3. The van der Waals surface area contributed by atoms with Crippen LogP contribution in [0.3, 0.4) is 0 Å². The van der Waals surface area contributed by atoms with E-state index in [1.807, 2.05) is 0 Å². The van der Waals surface area contributed by atoms with Crippen LogP contribution in [0.25, 0.3) is 0 Å². The molecule has 20 heavy (non-hydrogen) atoms. The van der Waals surface area contributed by atoms with E-state index in [0.29, 0.717) is 26.2 Å². The molecule has 7 heteroatoms. The Morgan fingerprint density at radius 2 is 1.75 bits per heavy atom. The number of benzene rings is 1. The first-order valence-electron chi connectivity index (χ1n) is 6.31. The summed E-state index contributed by atoms with van der Waals surface area (Å²) in [4.78, 5) is 35.6. The van der Waals surface area contributed by atoms with Crippen LogP contribution < -0.4 is 5.32 Å². The van der Waals surface area contributed by atoms with E-state index in [0.717, 1.165) is 5.01 Å². The fraction of sp³-hybridized carbons (Fsp3) is 0.308. The summed E-state index contributed by atoms with van der Waals surface area (Å²) in [6.45, 7) is 2.54. The number of nitrogens with zero attached hydrogens (tertiary/aromatic N) is 2. The average Bonchev–Trinajstić information content (AvgIpc) is 2.71. The Balaban J connectivity index is 1.96. The molecule has 2 amide bonds. The van der Waals surface area contributed by atoms with E-state index in [4.69, 9.17) is 5.11 Å². The smallest absolute Gasteiger partial charge is 0.335 e. The second-order valence-corrected chi connectivity index (χ2v) is 4.69. The van der Waals surface area contributed by atoms with Gasteiger partial charge in [0.25, 0.3) is 11.8 Å². The fourth-order valence-corrected chi connectivity index (χ4v) is 2.47. The van der Waals surface area contributed by atoms with E-state index in [1.54, 1.807) is 5.01 Å². The van der Waals surface area contributed by atoms with Crippen LogP contribution in [0.15, 0.2) is 18.2 Å². The first-order chi connectivity index (χ1) is 9.59. The summed E-state index contributed by atoms with van der Waals surface area (Å²) in [6, 6.07) is 4.01. The minimum Gasteiger partial charge on any atom is -0.478 e. The van der Waals surface area contributed by atoms with Gasteiger partial charge in [-0.05, 0) is 18.2 Å². The number of carboxylic acid groups (broad SMARTS) is 1. The monoisotopic (exact) mass is 275 g/mol. The second-order valence-electron chi connectivity index (χ2n) is 4.69. The van der Waals surface area contributed by atoms with Crippen molar-refractivity contribution in [3.63, 3.8) is 0 Å². The molecule has 0 unspecified atom stereocenters. The number of hydrogen-bond acceptors (Lipinski definition) is 5. The van der Waals surface area contributed by atoms with Gasteiger partial charge < -0.3 is 10.4 Å². The number of imide groups is 1. The predicted molar refractivity (Wildman–Crippen MR) is 68.3 cm³/mol. The maximum atomic E-state index is 12.3. The third-order valence-electron chi connectivity index (χ3n) is 3.49. The molecule has 0 bridgehead atoms. The van der Waals surface area contributed by atoms with E-state index in [1.165, 1.54) is 18.2 Å². The number of hydrazine groups is 1. The number of amides is 2. The van der Waals surface area contributed by atoms with Gasteiger partial charge >= 0.3 is 5.97 Å². The number of hydrogen-bond donors (Lipinski definition) is 2. The zero-order valence-electron chi connectivity index (χ0n) is 10.6. The quantitative estimate of drug-likeness (QED) is 0.727. The number of carbonyl (C=O) groups excluding carboxylic acids is 2. The van der Waals surface area contributed by atoms with Crippen LogP contribution >= 0.6 is 0 Å². The Morgan fingerprint density at radius 3 is 2.40 bits per heavy atom. The zero-order valence-corrected chi connectivity index (χ0v) is 10.6. The highest BCUT2D eigenvalue weighted by Gasteiger charge is 2.40. The van der Waals surface area contributed by atoms with Gasteiger partial charge in [0.15, 0.2) is 0 Å².